The van der Waals surface area contributed by atoms with Crippen LogP contribution in [0.2, 0.25) is 0 Å². The Hall–Kier alpha value is -13.2. The number of carbonyl (C=O) groups excluding carboxylic acids is 6. The third kappa shape index (κ3) is 15.0. The summed E-state index contributed by atoms with van der Waals surface area (Å²) in [6.07, 6.45) is 8.47. The number of pyridine rings is 7. The lowest BCUT2D eigenvalue weighted by atomic mass is 9.76. The maximum absolute atomic E-state index is 13.7. The molecular formula is C104H109N13O21. The van der Waals surface area contributed by atoms with Gasteiger partial charge in [0.2, 0.25) is 5.91 Å². The second-order valence-electron chi connectivity index (χ2n) is 38.4. The van der Waals surface area contributed by atoms with Crippen molar-refractivity contribution in [2.24, 2.45) is 5.92 Å². The van der Waals surface area contributed by atoms with Gasteiger partial charge in [-0.1, -0.05) is 65.3 Å². The number of piperazine rings is 1. The van der Waals surface area contributed by atoms with Gasteiger partial charge < -0.3 is 96.9 Å². The molecule has 0 bridgehead atoms. The van der Waals surface area contributed by atoms with Crippen molar-refractivity contribution in [3.8, 4) is 57.2 Å². The molecule has 138 heavy (non-hydrogen) atoms. The number of phenols is 1. The number of nitrogens with zero attached hydrogens (tertiary/aromatic N) is 13. The second-order valence-corrected chi connectivity index (χ2v) is 38.4. The van der Waals surface area contributed by atoms with Crippen LogP contribution in [0.1, 0.15) is 176 Å². The van der Waals surface area contributed by atoms with Crippen molar-refractivity contribution in [3.63, 3.8) is 0 Å². The molecule has 0 saturated carbocycles. The SMILES string of the molecule is CC[C@@]1(O)C(=O)OCC2C(=O)N3Cc4cc5c(CN(C)C)c(O)ccc5nc4C3C=C21.CC[C@@]1(O)C(=O)OCc2c1cc1n(c2=O)Cc2c-1nc1cc3c(cc1c2CN1CCN(C)CC1)OCCO3.CC[C@@]1(O)C(=O)OCc2c1cc1n(c2=O)Cc2cc3ccccc3nc2-1.CCc1c2c(nc3ccc(OC(=O)N4CCC(N5CCCCC5)CC4)cc13)-c1cc3c(c(=O)n1C2)COC(=O)[C@]3(O)CC. The molecule has 0 radical (unpaired) electrons. The third-order valence-electron chi connectivity index (χ3n) is 30.5. The molecule has 20 heterocycles. The lowest BCUT2D eigenvalue weighted by Crippen LogP contribution is -2.55. The highest BCUT2D eigenvalue weighted by Gasteiger charge is 2.56. The van der Waals surface area contributed by atoms with E-state index in [0.717, 1.165) is 140 Å². The number of aromatic hydroxyl groups is 1. The fourth-order valence-electron chi connectivity index (χ4n) is 22.5. The van der Waals surface area contributed by atoms with Crippen LogP contribution in [-0.2, 0) is 125 Å². The van der Waals surface area contributed by atoms with Crippen LogP contribution >= 0.6 is 0 Å². The summed E-state index contributed by atoms with van der Waals surface area (Å²) in [7, 11) is 6.01. The largest absolute Gasteiger partial charge is 0.508 e. The number of aromatic nitrogens is 7. The van der Waals surface area contributed by atoms with Gasteiger partial charge in [0.1, 0.15) is 51.1 Å². The second kappa shape index (κ2) is 35.1. The molecule has 4 saturated heterocycles. The topological polar surface area (TPSA) is 405 Å². The number of cyclic esters (lactones) is 4. The number of fused-ring (bicyclic) bond motifs is 21. The monoisotopic (exact) mass is 1880 g/mol. The van der Waals surface area contributed by atoms with Crippen molar-refractivity contribution in [1.29, 1.82) is 0 Å². The van der Waals surface area contributed by atoms with Gasteiger partial charge in [0.05, 0.1) is 110 Å². The fraction of sp³-hybridized carbons (Fsp3) is 0.433. The van der Waals surface area contributed by atoms with Crippen LogP contribution in [-0.4, -0.2) is 229 Å². The maximum Gasteiger partial charge on any atom is 0.415 e. The predicted octanol–water partition coefficient (Wildman–Crippen LogP) is 9.41. The molecule has 34 heteroatoms. The number of aryl methyl sites for hydroxylation is 1. The predicted molar refractivity (Wildman–Crippen MR) is 505 cm³/mol. The lowest BCUT2D eigenvalue weighted by molar-refractivity contribution is -0.174. The van der Waals surface area contributed by atoms with E-state index in [1.807, 2.05) is 90.6 Å². The number of piperidine rings is 2. The van der Waals surface area contributed by atoms with Crippen molar-refractivity contribution >= 4 is 79.5 Å². The van der Waals surface area contributed by atoms with Crippen LogP contribution in [0.4, 0.5) is 4.79 Å². The zero-order valence-electron chi connectivity index (χ0n) is 78.3. The standard InChI is InChI=1S/C33H38N4O6.C28H30N4O6.C23H25N3O5.C20H16N2O4/c1-3-22-23-16-21(43-32(40)36-14-10-20(11-15-36)35-12-6-5-7-13-35)8-9-27(23)34-29-24(22)18-37-28(29)17-26-25(30(37)38)19-42-31(39)33(26,41)4-2;1-3-28(35)20-11-22-25-18(14-32(22)26(33)19(20)15-38-27(28)34)17(13-31-6-4-30(2)5-7-31)16-10-23-24(12-21(16)29-25)37-9-8-36-23;1-4-23(30)16-8-18-20-12(9-26(18)21(28)15(16)11-31-22(23)29)7-13-14(10-25(2)3)19(27)6-5-17(13)24-20;1-2-20(25)14-8-16-17-12(7-11-5-3-4-6-15(11)21-17)9-22(16)18(23)13(14)10-26-19(20)24/h8-9,16-17,20,41H,3-7,10-15,18-19H2,1-2H3;10-12,35H,3-9,13-15H2,1-2H3;5-8,15,18,27,30H,4,9-11H2,1-3H3;3-8,25H,2,9-10H2,1H3/t33-;28-;15?,18?,23-;20-/m0000/s1. The van der Waals surface area contributed by atoms with Crippen LogP contribution in [0.25, 0.3) is 77.8 Å². The molecule has 13 aliphatic rings. The Bertz CT molecular complexity index is 7250. The van der Waals surface area contributed by atoms with E-state index >= 15 is 0 Å². The van der Waals surface area contributed by atoms with Gasteiger partial charge in [0.15, 0.2) is 33.9 Å². The summed E-state index contributed by atoms with van der Waals surface area (Å²) in [5.41, 5.74) is 8.74. The fourth-order valence-corrected chi connectivity index (χ4v) is 22.5. The number of esters is 4. The normalized spacial score (nSPS) is 23.1. The molecular weight excluding hydrogens is 1770 g/mol. The van der Waals surface area contributed by atoms with Gasteiger partial charge in [0.25, 0.3) is 16.7 Å². The van der Waals surface area contributed by atoms with Gasteiger partial charge in [-0.3, -0.25) is 24.1 Å². The third-order valence-corrected chi connectivity index (χ3v) is 30.5. The van der Waals surface area contributed by atoms with E-state index in [0.29, 0.717) is 156 Å². The van der Waals surface area contributed by atoms with Gasteiger partial charge in [-0.25, -0.2) is 43.9 Å². The number of ether oxygens (including phenoxy) is 7. The first kappa shape index (κ1) is 91.2. The van der Waals surface area contributed by atoms with Crippen molar-refractivity contribution in [1.82, 2.24) is 63.0 Å². The number of benzene rings is 4. The Kier molecular flexibility index (Phi) is 23.2. The Morgan fingerprint density at radius 3 is 1.62 bits per heavy atom. The number of hydrogen-bond donors (Lipinski definition) is 5. The molecule has 11 aromatic rings. The first-order chi connectivity index (χ1) is 66.5. The van der Waals surface area contributed by atoms with Crippen molar-refractivity contribution in [2.75, 3.05) is 93.3 Å². The van der Waals surface area contributed by atoms with Crippen molar-refractivity contribution < 1.29 is 87.5 Å². The molecule has 34 nitrogen and oxygen atoms in total. The van der Waals surface area contributed by atoms with E-state index in [9.17, 15) is 68.7 Å². The zero-order valence-corrected chi connectivity index (χ0v) is 78.3. The number of carbonyl (C=O) groups is 6. The molecule has 6 atom stereocenters. The summed E-state index contributed by atoms with van der Waals surface area (Å²) >= 11 is 0. The van der Waals surface area contributed by atoms with Crippen LogP contribution < -0.4 is 30.9 Å². The molecule has 716 valence electrons. The van der Waals surface area contributed by atoms with E-state index in [2.05, 4.69) is 28.7 Å². The number of phenolic OH excluding ortho intramolecular Hbond substituents is 1. The first-order valence-electron chi connectivity index (χ1n) is 47.9. The summed E-state index contributed by atoms with van der Waals surface area (Å²) in [5, 5.41) is 58.3. The van der Waals surface area contributed by atoms with E-state index in [1.165, 1.54) is 32.4 Å². The zero-order chi connectivity index (χ0) is 96.2. The van der Waals surface area contributed by atoms with Gasteiger partial charge in [0, 0.05) is 132 Å². The van der Waals surface area contributed by atoms with Crippen molar-refractivity contribution in [3.05, 3.63) is 218 Å². The molecule has 7 aromatic heterocycles. The van der Waals surface area contributed by atoms with Crippen LogP contribution in [0, 0.1) is 5.92 Å². The summed E-state index contributed by atoms with van der Waals surface area (Å²) < 4.78 is 43.3. The van der Waals surface area contributed by atoms with Gasteiger partial charge in [-0.05, 0) is 187 Å². The Labute approximate surface area is 792 Å². The summed E-state index contributed by atoms with van der Waals surface area (Å²) in [6, 6.07) is 30.0. The maximum atomic E-state index is 13.7. The molecule has 4 aromatic carbocycles. The molecule has 5 N–H and O–H groups in total. The minimum absolute atomic E-state index is 0.0539. The number of likely N-dealkylation sites (N-methyl/N-ethyl adjacent to an activating group) is 1. The Morgan fingerprint density at radius 2 is 1.03 bits per heavy atom. The van der Waals surface area contributed by atoms with Crippen LogP contribution in [0.15, 0.2) is 123 Å². The molecule has 4 fully saturated rings. The van der Waals surface area contributed by atoms with Crippen molar-refractivity contribution in [2.45, 2.75) is 192 Å². The Morgan fingerprint density at radius 1 is 0.500 bits per heavy atom. The summed E-state index contributed by atoms with van der Waals surface area (Å²) in [6.45, 7) is 19.8. The van der Waals surface area contributed by atoms with E-state index in [-0.39, 0.29) is 86.5 Å². The average molecular weight is 1880 g/mol. The molecule has 13 aliphatic heterocycles. The highest BCUT2D eigenvalue weighted by molar-refractivity contribution is 5.97. The molecule has 0 aliphatic carbocycles. The van der Waals surface area contributed by atoms with Gasteiger partial charge in [-0.2, -0.15) is 0 Å². The first-order valence-corrected chi connectivity index (χ1v) is 47.9. The lowest BCUT2D eigenvalue weighted by Gasteiger charge is -2.42. The highest BCUT2D eigenvalue weighted by Crippen LogP contribution is 2.50. The number of likely N-dealkylation sites (tertiary alicyclic amines) is 2. The minimum Gasteiger partial charge on any atom is -0.508 e. The number of amides is 2. The molecule has 2 amide bonds. The number of rotatable bonds is 11. The summed E-state index contributed by atoms with van der Waals surface area (Å²) in [4.78, 5) is 149. The van der Waals surface area contributed by atoms with Gasteiger partial charge >= 0.3 is 30.0 Å². The van der Waals surface area contributed by atoms with E-state index in [1.54, 1.807) is 82.7 Å². The Balaban J connectivity index is 0.000000111. The number of hydrogen-bond acceptors (Lipinski definition) is 29. The van der Waals surface area contributed by atoms with Crippen LogP contribution in [0.3, 0.4) is 0 Å². The summed E-state index contributed by atoms with van der Waals surface area (Å²) in [5.74, 6) is -1.65. The molecule has 2 unspecified atom stereocenters. The number of aliphatic hydroxyl groups is 4. The molecule has 24 rings (SSSR count). The molecule has 0 spiro atoms. The number of para-hydroxylation sites is 1. The smallest absolute Gasteiger partial charge is 0.415 e. The van der Waals surface area contributed by atoms with Crippen LogP contribution in [0.5, 0.6) is 23.0 Å². The quantitative estimate of drug-likeness (QED) is 0.0457. The van der Waals surface area contributed by atoms with E-state index < -0.39 is 58.2 Å². The van der Waals surface area contributed by atoms with Gasteiger partial charge in [-0.15, -0.1) is 0 Å². The minimum atomic E-state index is -1.86. The average Bonchev–Trinajstić information content (AvgIpc) is 1.30. The van der Waals surface area contributed by atoms with E-state index in [4.69, 9.17) is 53.1 Å². The highest BCUT2D eigenvalue weighted by atomic mass is 16.6.